The Morgan fingerprint density at radius 3 is 2.80 bits per heavy atom. The number of para-hydroxylation sites is 1. The highest BCUT2D eigenvalue weighted by Gasteiger charge is 2.16. The number of benzene rings is 1. The number of H-pyrrole nitrogens is 1. The number of hydrogen-bond acceptors (Lipinski definition) is 6. The summed E-state index contributed by atoms with van der Waals surface area (Å²) in [6, 6.07) is 9.35. The molecule has 3 rings (SSSR count). The molecule has 1 N–H and O–H groups in total. The third-order valence-corrected chi connectivity index (χ3v) is 4.42. The van der Waals surface area contributed by atoms with Gasteiger partial charge in [0, 0.05) is 17.0 Å². The van der Waals surface area contributed by atoms with E-state index in [9.17, 15) is 4.79 Å². The van der Waals surface area contributed by atoms with E-state index in [2.05, 4.69) is 15.2 Å². The van der Waals surface area contributed by atoms with Gasteiger partial charge in [-0.25, -0.2) is 0 Å². The number of ether oxygens (including phenoxy) is 1. The molecule has 0 aliphatic heterocycles. The lowest BCUT2D eigenvalue weighted by atomic mass is 10.2. The molecule has 130 valence electrons. The van der Waals surface area contributed by atoms with Crippen LogP contribution in [0.2, 0.25) is 0 Å². The van der Waals surface area contributed by atoms with E-state index < -0.39 is 0 Å². The summed E-state index contributed by atoms with van der Waals surface area (Å²) in [7, 11) is 0. The summed E-state index contributed by atoms with van der Waals surface area (Å²) in [5.74, 6) is 1.35. The van der Waals surface area contributed by atoms with Gasteiger partial charge in [-0.3, -0.25) is 4.79 Å². The van der Waals surface area contributed by atoms with Crippen molar-refractivity contribution in [2.75, 3.05) is 12.4 Å². The number of ketones is 1. The van der Waals surface area contributed by atoms with E-state index in [1.165, 1.54) is 11.8 Å². The van der Waals surface area contributed by atoms with Crippen molar-refractivity contribution in [3.63, 3.8) is 0 Å². The highest BCUT2D eigenvalue weighted by atomic mass is 32.2. The molecule has 0 unspecified atom stereocenters. The average Bonchev–Trinajstić information content (AvgIpc) is 3.20. The molecule has 0 spiro atoms. The number of aryl methyl sites for hydroxylation is 2. The van der Waals surface area contributed by atoms with Gasteiger partial charge in [0.05, 0.1) is 17.9 Å². The first kappa shape index (κ1) is 17.3. The topological polar surface area (TPSA) is 81.0 Å². The maximum absolute atomic E-state index is 12.3. The van der Waals surface area contributed by atoms with Gasteiger partial charge in [-0.1, -0.05) is 23.9 Å². The predicted molar refractivity (Wildman–Crippen MR) is 96.2 cm³/mol. The molecule has 0 saturated carbocycles. The lowest BCUT2D eigenvalue weighted by molar-refractivity contribution is 0.102. The van der Waals surface area contributed by atoms with Gasteiger partial charge in [0.2, 0.25) is 0 Å². The normalized spacial score (nSPS) is 10.8. The molecule has 0 aliphatic rings. The first-order chi connectivity index (χ1) is 12.1. The van der Waals surface area contributed by atoms with Crippen molar-refractivity contribution in [2.45, 2.75) is 26.0 Å². The number of nitrogens with one attached hydrogen (secondary N) is 1. The maximum Gasteiger partial charge on any atom is 0.277 e. The van der Waals surface area contributed by atoms with Gasteiger partial charge in [-0.15, -0.1) is 10.2 Å². The van der Waals surface area contributed by atoms with Crippen molar-refractivity contribution in [2.24, 2.45) is 0 Å². The van der Waals surface area contributed by atoms with Gasteiger partial charge in [0.25, 0.3) is 11.1 Å². The van der Waals surface area contributed by atoms with Crippen molar-refractivity contribution >= 4 is 17.5 Å². The minimum atomic E-state index is 0.0290. The fraction of sp³-hybridized carbons (Fsp3) is 0.278. The van der Waals surface area contributed by atoms with E-state index >= 15 is 0 Å². The number of nitrogens with zero attached hydrogens (tertiary/aromatic N) is 2. The van der Waals surface area contributed by atoms with Gasteiger partial charge in [-0.05, 0) is 39.0 Å². The molecule has 25 heavy (non-hydrogen) atoms. The highest BCUT2D eigenvalue weighted by molar-refractivity contribution is 7.99. The van der Waals surface area contributed by atoms with Crippen LogP contribution in [0.15, 0.2) is 40.0 Å². The summed E-state index contributed by atoms with van der Waals surface area (Å²) in [4.78, 5) is 15.5. The lowest BCUT2D eigenvalue weighted by Crippen LogP contribution is -2.02. The zero-order valence-electron chi connectivity index (χ0n) is 14.3. The molecule has 0 amide bonds. The molecule has 2 aromatic heterocycles. The Kier molecular flexibility index (Phi) is 5.23. The minimum Gasteiger partial charge on any atom is -0.493 e. The van der Waals surface area contributed by atoms with Crippen molar-refractivity contribution < 1.29 is 13.9 Å². The molecule has 0 atom stereocenters. The van der Waals surface area contributed by atoms with Crippen LogP contribution >= 0.6 is 11.8 Å². The van der Waals surface area contributed by atoms with Crippen LogP contribution < -0.4 is 4.74 Å². The van der Waals surface area contributed by atoms with Crippen molar-refractivity contribution in [3.8, 4) is 17.2 Å². The quantitative estimate of drug-likeness (QED) is 0.507. The van der Waals surface area contributed by atoms with E-state index in [0.29, 0.717) is 29.0 Å². The van der Waals surface area contributed by atoms with E-state index in [0.717, 1.165) is 17.0 Å². The summed E-state index contributed by atoms with van der Waals surface area (Å²) in [5, 5.41) is 8.45. The van der Waals surface area contributed by atoms with Crippen LogP contribution in [-0.4, -0.2) is 33.3 Å². The third-order valence-electron chi connectivity index (χ3n) is 3.60. The van der Waals surface area contributed by atoms with E-state index in [1.807, 2.05) is 51.1 Å². The Bertz CT molecular complexity index is 885. The molecule has 1 aromatic carbocycles. The van der Waals surface area contributed by atoms with Crippen LogP contribution in [0.4, 0.5) is 0 Å². The molecule has 0 fully saturated rings. The average molecular weight is 357 g/mol. The number of aromatic nitrogens is 3. The molecular weight excluding hydrogens is 338 g/mol. The van der Waals surface area contributed by atoms with Crippen molar-refractivity contribution in [1.29, 1.82) is 0 Å². The van der Waals surface area contributed by atoms with Gasteiger partial charge in [0.15, 0.2) is 5.78 Å². The van der Waals surface area contributed by atoms with E-state index in [4.69, 9.17) is 9.15 Å². The zero-order chi connectivity index (χ0) is 17.8. The first-order valence-corrected chi connectivity index (χ1v) is 8.95. The zero-order valence-corrected chi connectivity index (χ0v) is 15.1. The molecule has 2 heterocycles. The number of aromatic amines is 1. The number of carbonyl (C=O) groups is 1. The van der Waals surface area contributed by atoms with Crippen LogP contribution in [0.25, 0.3) is 11.5 Å². The number of hydrogen-bond donors (Lipinski definition) is 1. The predicted octanol–water partition coefficient (Wildman–Crippen LogP) is 4.06. The highest BCUT2D eigenvalue weighted by Crippen LogP contribution is 2.30. The Labute approximate surface area is 150 Å². The van der Waals surface area contributed by atoms with Gasteiger partial charge >= 0.3 is 0 Å². The molecule has 7 heteroatoms. The summed E-state index contributed by atoms with van der Waals surface area (Å²) in [6.07, 6.45) is 0. The second-order valence-electron chi connectivity index (χ2n) is 5.51. The Hall–Kier alpha value is -2.54. The molecule has 0 saturated heterocycles. The first-order valence-electron chi connectivity index (χ1n) is 7.96. The molecule has 0 radical (unpaired) electrons. The molecule has 0 aliphatic carbocycles. The molecule has 6 nitrogen and oxygen atoms in total. The van der Waals surface area contributed by atoms with Crippen molar-refractivity contribution in [3.05, 3.63) is 47.3 Å². The summed E-state index contributed by atoms with van der Waals surface area (Å²) >= 11 is 1.23. The smallest absolute Gasteiger partial charge is 0.277 e. The monoisotopic (exact) mass is 357 g/mol. The number of rotatable bonds is 7. The van der Waals surface area contributed by atoms with Gasteiger partial charge < -0.3 is 14.1 Å². The summed E-state index contributed by atoms with van der Waals surface area (Å²) in [6.45, 7) is 6.29. The lowest BCUT2D eigenvalue weighted by Gasteiger charge is -2.06. The maximum atomic E-state index is 12.3. The second-order valence-corrected chi connectivity index (χ2v) is 6.43. The van der Waals surface area contributed by atoms with Crippen molar-refractivity contribution in [1.82, 2.24) is 15.2 Å². The van der Waals surface area contributed by atoms with Gasteiger partial charge in [0.1, 0.15) is 5.75 Å². The Morgan fingerprint density at radius 2 is 2.08 bits per heavy atom. The summed E-state index contributed by atoms with van der Waals surface area (Å²) in [5.41, 5.74) is 3.29. The summed E-state index contributed by atoms with van der Waals surface area (Å²) < 4.78 is 11.3. The standard InChI is InChI=1S/C18H19N3O3S/c1-4-23-16-8-6-5-7-13(16)17-20-21-18(24-17)25-10-15(22)14-9-11(2)19-12(14)3/h5-9,19H,4,10H2,1-3H3. The SMILES string of the molecule is CCOc1ccccc1-c1nnc(SCC(=O)c2cc(C)[nH]c2C)o1. The molecular formula is C18H19N3O3S. The Balaban J connectivity index is 1.70. The second kappa shape index (κ2) is 7.57. The largest absolute Gasteiger partial charge is 0.493 e. The number of Topliss-reactive ketones (excluding diaryl/α,β-unsaturated/α-hetero) is 1. The van der Waals surface area contributed by atoms with Gasteiger partial charge in [-0.2, -0.15) is 0 Å². The van der Waals surface area contributed by atoms with Crippen LogP contribution in [-0.2, 0) is 0 Å². The number of carbonyl (C=O) groups excluding carboxylic acids is 1. The fourth-order valence-corrected chi connectivity index (χ4v) is 3.17. The van der Waals surface area contributed by atoms with Crippen LogP contribution in [0, 0.1) is 13.8 Å². The number of thioether (sulfide) groups is 1. The fourth-order valence-electron chi connectivity index (χ4n) is 2.52. The Morgan fingerprint density at radius 1 is 1.28 bits per heavy atom. The van der Waals surface area contributed by atoms with E-state index in [-0.39, 0.29) is 11.5 Å². The molecule has 3 aromatic rings. The minimum absolute atomic E-state index is 0.0290. The van der Waals surface area contributed by atoms with Crippen LogP contribution in [0.3, 0.4) is 0 Å². The van der Waals surface area contributed by atoms with E-state index in [1.54, 1.807) is 0 Å². The van der Waals surface area contributed by atoms with Crippen LogP contribution in [0.1, 0.15) is 28.7 Å². The van der Waals surface area contributed by atoms with Crippen LogP contribution in [0.5, 0.6) is 5.75 Å². The molecule has 0 bridgehead atoms. The third kappa shape index (κ3) is 3.93.